The van der Waals surface area contributed by atoms with Gasteiger partial charge in [0.15, 0.2) is 0 Å². The fraction of sp³-hybridized carbons (Fsp3) is 0.375. The molecule has 0 unspecified atom stereocenters. The summed E-state index contributed by atoms with van der Waals surface area (Å²) in [5.74, 6) is 1.78. The van der Waals surface area contributed by atoms with Crippen LogP contribution in [0.3, 0.4) is 0 Å². The van der Waals surface area contributed by atoms with Crippen LogP contribution >= 0.6 is 0 Å². The number of hydrogen-bond acceptors (Lipinski definition) is 4. The molecule has 20 heavy (non-hydrogen) atoms. The molecule has 108 valence electrons. The lowest BCUT2D eigenvalue weighted by molar-refractivity contribution is 0.146. The van der Waals surface area contributed by atoms with Crippen LogP contribution in [-0.4, -0.2) is 26.9 Å². The first-order chi connectivity index (χ1) is 9.86. The average molecular weight is 275 g/mol. The zero-order valence-electron chi connectivity index (χ0n) is 12.0. The first-order valence-electron chi connectivity index (χ1n) is 6.85. The van der Waals surface area contributed by atoms with Gasteiger partial charge in [-0.3, -0.25) is 0 Å². The van der Waals surface area contributed by atoms with Crippen LogP contribution in [0.2, 0.25) is 0 Å². The Morgan fingerprint density at radius 3 is 2.75 bits per heavy atom. The van der Waals surface area contributed by atoms with Crippen molar-refractivity contribution < 1.29 is 13.9 Å². The molecule has 1 aromatic heterocycles. The van der Waals surface area contributed by atoms with E-state index in [1.807, 2.05) is 30.3 Å². The van der Waals surface area contributed by atoms with Gasteiger partial charge in [-0.1, -0.05) is 25.1 Å². The van der Waals surface area contributed by atoms with E-state index in [9.17, 15) is 0 Å². The van der Waals surface area contributed by atoms with E-state index in [1.54, 1.807) is 13.4 Å². The van der Waals surface area contributed by atoms with Gasteiger partial charge in [0.1, 0.15) is 18.1 Å². The van der Waals surface area contributed by atoms with E-state index in [4.69, 9.17) is 13.9 Å². The lowest BCUT2D eigenvalue weighted by Gasteiger charge is -2.11. The van der Waals surface area contributed by atoms with Crippen molar-refractivity contribution in [3.05, 3.63) is 42.4 Å². The van der Waals surface area contributed by atoms with E-state index in [0.29, 0.717) is 19.8 Å². The van der Waals surface area contributed by atoms with Crippen LogP contribution in [0.25, 0.3) is 11.1 Å². The Hall–Kier alpha value is -1.78. The molecule has 0 aliphatic carbocycles. The maximum atomic E-state index is 5.77. The Bertz CT molecular complexity index is 522. The molecule has 1 N–H and O–H groups in total. The van der Waals surface area contributed by atoms with Gasteiger partial charge in [0.25, 0.3) is 0 Å². The summed E-state index contributed by atoms with van der Waals surface area (Å²) in [7, 11) is 1.67. The number of nitrogens with one attached hydrogen (secondary N) is 1. The summed E-state index contributed by atoms with van der Waals surface area (Å²) >= 11 is 0. The highest BCUT2D eigenvalue weighted by atomic mass is 16.5. The second-order valence-electron chi connectivity index (χ2n) is 4.38. The molecule has 0 fully saturated rings. The maximum Gasteiger partial charge on any atom is 0.127 e. The minimum atomic E-state index is 0.536. The van der Waals surface area contributed by atoms with Crippen molar-refractivity contribution in [2.45, 2.75) is 13.5 Å². The summed E-state index contributed by atoms with van der Waals surface area (Å²) in [6.45, 7) is 4.81. The topological polar surface area (TPSA) is 43.6 Å². The predicted molar refractivity (Wildman–Crippen MR) is 78.9 cm³/mol. The van der Waals surface area contributed by atoms with E-state index in [2.05, 4.69) is 12.2 Å². The minimum absolute atomic E-state index is 0.536. The van der Waals surface area contributed by atoms with Crippen molar-refractivity contribution in [3.63, 3.8) is 0 Å². The zero-order chi connectivity index (χ0) is 14.2. The molecule has 4 nitrogen and oxygen atoms in total. The van der Waals surface area contributed by atoms with E-state index in [1.165, 1.54) is 0 Å². The molecule has 0 spiro atoms. The van der Waals surface area contributed by atoms with Gasteiger partial charge >= 0.3 is 0 Å². The van der Waals surface area contributed by atoms with Crippen molar-refractivity contribution in [3.8, 4) is 16.9 Å². The molecule has 0 aliphatic heterocycles. The van der Waals surface area contributed by atoms with Crippen LogP contribution in [0, 0.1) is 0 Å². The highest BCUT2D eigenvalue weighted by Gasteiger charge is 2.12. The van der Waals surface area contributed by atoms with Crippen LogP contribution in [0.4, 0.5) is 0 Å². The molecule has 2 rings (SSSR count). The number of rotatable bonds is 8. The summed E-state index contributed by atoms with van der Waals surface area (Å²) in [6, 6.07) is 9.96. The van der Waals surface area contributed by atoms with E-state index < -0.39 is 0 Å². The van der Waals surface area contributed by atoms with Crippen LogP contribution in [0.5, 0.6) is 5.75 Å². The Morgan fingerprint density at radius 1 is 1.10 bits per heavy atom. The highest BCUT2D eigenvalue weighted by molar-refractivity contribution is 5.71. The maximum absolute atomic E-state index is 5.77. The summed E-state index contributed by atoms with van der Waals surface area (Å²) in [5.41, 5.74) is 2.12. The summed E-state index contributed by atoms with van der Waals surface area (Å²) < 4.78 is 16.4. The van der Waals surface area contributed by atoms with Gasteiger partial charge < -0.3 is 19.2 Å². The third-order valence-electron chi connectivity index (χ3n) is 3.00. The largest absolute Gasteiger partial charge is 0.491 e. The van der Waals surface area contributed by atoms with Crippen molar-refractivity contribution in [1.82, 2.24) is 5.32 Å². The summed E-state index contributed by atoms with van der Waals surface area (Å²) in [5, 5.41) is 3.28. The van der Waals surface area contributed by atoms with Gasteiger partial charge in [0.05, 0.1) is 19.4 Å². The van der Waals surface area contributed by atoms with Crippen LogP contribution in [0.15, 0.2) is 41.0 Å². The third kappa shape index (κ3) is 3.62. The van der Waals surface area contributed by atoms with E-state index in [-0.39, 0.29) is 0 Å². The first-order valence-corrected chi connectivity index (χ1v) is 6.85. The van der Waals surface area contributed by atoms with Crippen molar-refractivity contribution in [1.29, 1.82) is 0 Å². The van der Waals surface area contributed by atoms with Gasteiger partial charge in [0.2, 0.25) is 0 Å². The van der Waals surface area contributed by atoms with Gasteiger partial charge in [-0.2, -0.15) is 0 Å². The smallest absolute Gasteiger partial charge is 0.127 e. The zero-order valence-corrected chi connectivity index (χ0v) is 12.0. The normalized spacial score (nSPS) is 10.7. The molecular weight excluding hydrogens is 254 g/mol. The van der Waals surface area contributed by atoms with Crippen LogP contribution in [0.1, 0.15) is 12.7 Å². The fourth-order valence-corrected chi connectivity index (χ4v) is 2.01. The molecule has 4 heteroatoms. The molecule has 1 aromatic carbocycles. The molecule has 0 saturated carbocycles. The van der Waals surface area contributed by atoms with Crippen LogP contribution < -0.4 is 10.1 Å². The standard InChI is InChI=1S/C16H21NO3/c1-3-17-12-16-14(8-9-19-16)13-6-4-5-7-15(13)20-11-10-18-2/h4-9,17H,3,10-12H2,1-2H3. The Kier molecular flexibility index (Phi) is 5.65. The minimum Gasteiger partial charge on any atom is -0.491 e. The second kappa shape index (κ2) is 7.72. The van der Waals surface area contributed by atoms with E-state index >= 15 is 0 Å². The molecule has 0 radical (unpaired) electrons. The number of methoxy groups -OCH3 is 1. The quantitative estimate of drug-likeness (QED) is 0.752. The average Bonchev–Trinajstić information content (AvgIpc) is 2.94. The second-order valence-corrected chi connectivity index (χ2v) is 4.38. The molecule has 0 aliphatic rings. The van der Waals surface area contributed by atoms with Crippen molar-refractivity contribution >= 4 is 0 Å². The van der Waals surface area contributed by atoms with Gasteiger partial charge in [-0.15, -0.1) is 0 Å². The number of benzene rings is 1. The Morgan fingerprint density at radius 2 is 1.95 bits per heavy atom. The van der Waals surface area contributed by atoms with Gasteiger partial charge in [0, 0.05) is 18.2 Å². The molecule has 1 heterocycles. The van der Waals surface area contributed by atoms with Crippen molar-refractivity contribution in [2.24, 2.45) is 0 Å². The predicted octanol–water partition coefficient (Wildman–Crippen LogP) is 3.08. The van der Waals surface area contributed by atoms with Gasteiger partial charge in [-0.05, 0) is 18.7 Å². The lowest BCUT2D eigenvalue weighted by Crippen LogP contribution is -2.11. The number of para-hydroxylation sites is 1. The van der Waals surface area contributed by atoms with E-state index in [0.717, 1.165) is 29.2 Å². The molecule has 0 amide bonds. The molecule has 0 saturated heterocycles. The molecular formula is C16H21NO3. The first kappa shape index (κ1) is 14.6. The lowest BCUT2D eigenvalue weighted by atomic mass is 10.1. The summed E-state index contributed by atoms with van der Waals surface area (Å²) in [4.78, 5) is 0. The number of ether oxygens (including phenoxy) is 2. The molecule has 0 atom stereocenters. The Labute approximate surface area is 119 Å². The Balaban J connectivity index is 2.21. The highest BCUT2D eigenvalue weighted by Crippen LogP contribution is 2.33. The number of furan rings is 1. The monoisotopic (exact) mass is 275 g/mol. The molecule has 0 bridgehead atoms. The SMILES string of the molecule is CCNCc1occc1-c1ccccc1OCCOC. The van der Waals surface area contributed by atoms with Crippen molar-refractivity contribution in [2.75, 3.05) is 26.9 Å². The fourth-order valence-electron chi connectivity index (χ4n) is 2.01. The number of hydrogen-bond donors (Lipinski definition) is 1. The molecule has 2 aromatic rings. The third-order valence-corrected chi connectivity index (χ3v) is 3.00. The summed E-state index contributed by atoms with van der Waals surface area (Å²) in [6.07, 6.45) is 1.72. The van der Waals surface area contributed by atoms with Gasteiger partial charge in [-0.25, -0.2) is 0 Å². The van der Waals surface area contributed by atoms with Crippen LogP contribution in [-0.2, 0) is 11.3 Å².